The molecular weight excluding hydrogens is 344 g/mol. The van der Waals surface area contributed by atoms with Gasteiger partial charge in [0.2, 0.25) is 5.91 Å². The highest BCUT2D eigenvalue weighted by molar-refractivity contribution is 9.10. The van der Waals surface area contributed by atoms with E-state index in [2.05, 4.69) is 33.4 Å². The van der Waals surface area contributed by atoms with Gasteiger partial charge in [-0.05, 0) is 63.9 Å². The number of methoxy groups -OCH3 is 1. The first-order chi connectivity index (χ1) is 10.6. The zero-order valence-electron chi connectivity index (χ0n) is 12.9. The van der Waals surface area contributed by atoms with Crippen molar-refractivity contribution in [3.05, 3.63) is 28.2 Å². The summed E-state index contributed by atoms with van der Waals surface area (Å²) < 4.78 is 6.05. The number of rotatable bonds is 4. The van der Waals surface area contributed by atoms with Crippen molar-refractivity contribution in [1.82, 2.24) is 5.43 Å². The number of carbonyl (C=O) groups excluding carboxylic acids is 1. The predicted molar refractivity (Wildman–Crippen MR) is 90.0 cm³/mol. The van der Waals surface area contributed by atoms with Gasteiger partial charge in [0.25, 0.3) is 0 Å². The summed E-state index contributed by atoms with van der Waals surface area (Å²) in [7, 11) is 1.63. The van der Waals surface area contributed by atoms with Gasteiger partial charge in [0.05, 0.1) is 17.8 Å². The number of nitrogens with zero attached hydrogens (tertiary/aromatic N) is 1. The average Bonchev–Trinajstić information content (AvgIpc) is 3.13. The van der Waals surface area contributed by atoms with E-state index < -0.39 is 0 Å². The fourth-order valence-electron chi connectivity index (χ4n) is 3.85. The Balaban J connectivity index is 1.58. The van der Waals surface area contributed by atoms with Crippen LogP contribution in [0.25, 0.3) is 0 Å². The number of carbonyl (C=O) groups is 1. The first-order valence-electron chi connectivity index (χ1n) is 7.73. The predicted octanol–water partition coefficient (Wildman–Crippen LogP) is 3.73. The third-order valence-electron chi connectivity index (χ3n) is 5.18. The number of fused-ring (bicyclic) bond motifs is 1. The molecule has 0 radical (unpaired) electrons. The maximum atomic E-state index is 12.3. The Morgan fingerprint density at radius 3 is 2.95 bits per heavy atom. The van der Waals surface area contributed by atoms with Gasteiger partial charge in [0, 0.05) is 5.92 Å². The van der Waals surface area contributed by atoms with Gasteiger partial charge in [-0.25, -0.2) is 5.43 Å². The lowest BCUT2D eigenvalue weighted by molar-refractivity contribution is -0.123. The first kappa shape index (κ1) is 15.5. The third kappa shape index (κ3) is 2.78. The minimum Gasteiger partial charge on any atom is -0.496 e. The number of ether oxygens (including phenoxy) is 1. The van der Waals surface area contributed by atoms with E-state index in [4.69, 9.17) is 4.74 Å². The molecule has 5 heteroatoms. The molecule has 0 saturated heterocycles. The highest BCUT2D eigenvalue weighted by Crippen LogP contribution is 2.66. The molecule has 0 heterocycles. The molecule has 0 aromatic heterocycles. The SMILES string of the molecule is COc1ccc(/C=N\NC(=O)[C@H]2[C@H]3CCCC[C@]32C)cc1Br. The maximum absolute atomic E-state index is 12.3. The van der Waals surface area contributed by atoms with Crippen molar-refractivity contribution in [1.29, 1.82) is 0 Å². The van der Waals surface area contributed by atoms with E-state index in [1.54, 1.807) is 13.3 Å². The molecule has 1 aromatic rings. The molecule has 3 atom stereocenters. The molecule has 0 unspecified atom stereocenters. The Morgan fingerprint density at radius 1 is 1.50 bits per heavy atom. The Bertz CT molecular complexity index is 617. The maximum Gasteiger partial charge on any atom is 0.244 e. The number of halogens is 1. The number of hydrogen-bond donors (Lipinski definition) is 1. The summed E-state index contributed by atoms with van der Waals surface area (Å²) in [6, 6.07) is 5.67. The minimum atomic E-state index is 0.0678. The van der Waals surface area contributed by atoms with Gasteiger partial charge in [0.1, 0.15) is 5.75 Å². The van der Waals surface area contributed by atoms with E-state index in [0.717, 1.165) is 15.8 Å². The molecule has 1 amide bonds. The highest BCUT2D eigenvalue weighted by atomic mass is 79.9. The van der Waals surface area contributed by atoms with Crippen molar-refractivity contribution >= 4 is 28.1 Å². The lowest BCUT2D eigenvalue weighted by Gasteiger charge is -2.15. The van der Waals surface area contributed by atoms with Gasteiger partial charge < -0.3 is 4.74 Å². The third-order valence-corrected chi connectivity index (χ3v) is 5.80. The first-order valence-corrected chi connectivity index (χ1v) is 8.52. The molecule has 3 rings (SSSR count). The smallest absolute Gasteiger partial charge is 0.244 e. The Hall–Kier alpha value is -1.36. The van der Waals surface area contributed by atoms with Crippen LogP contribution in [0.4, 0.5) is 0 Å². The monoisotopic (exact) mass is 364 g/mol. The van der Waals surface area contributed by atoms with Crippen LogP contribution < -0.4 is 10.2 Å². The highest BCUT2D eigenvalue weighted by Gasteiger charge is 2.64. The van der Waals surface area contributed by atoms with E-state index in [0.29, 0.717) is 5.92 Å². The van der Waals surface area contributed by atoms with Gasteiger partial charge in [-0.15, -0.1) is 0 Å². The van der Waals surface area contributed by atoms with E-state index in [-0.39, 0.29) is 17.2 Å². The number of benzene rings is 1. The van der Waals surface area contributed by atoms with Crippen molar-refractivity contribution in [2.75, 3.05) is 7.11 Å². The second-order valence-corrected chi connectivity index (χ2v) is 7.32. The molecule has 2 aliphatic carbocycles. The van der Waals surface area contributed by atoms with E-state index >= 15 is 0 Å². The number of nitrogens with one attached hydrogen (secondary N) is 1. The Kier molecular flexibility index (Phi) is 4.26. The summed E-state index contributed by atoms with van der Waals surface area (Å²) in [6.07, 6.45) is 6.53. The van der Waals surface area contributed by atoms with Crippen LogP contribution in [0.5, 0.6) is 5.75 Å². The van der Waals surface area contributed by atoms with Crippen molar-refractivity contribution in [3.63, 3.8) is 0 Å². The standard InChI is InChI=1S/C17H21BrN2O2/c1-17-8-4-3-5-12(17)15(17)16(21)20-19-10-11-6-7-14(22-2)13(18)9-11/h6-7,9-10,12,15H,3-5,8H2,1-2H3,(H,20,21)/b19-10-/t12-,15-,17-/m1/s1. The Morgan fingerprint density at radius 2 is 2.32 bits per heavy atom. The summed E-state index contributed by atoms with van der Waals surface area (Å²) in [5.74, 6) is 1.55. The van der Waals surface area contributed by atoms with E-state index in [9.17, 15) is 4.79 Å². The van der Waals surface area contributed by atoms with Crippen LogP contribution in [-0.4, -0.2) is 19.2 Å². The summed E-state index contributed by atoms with van der Waals surface area (Å²) in [5.41, 5.74) is 3.84. The van der Waals surface area contributed by atoms with Crippen molar-refractivity contribution in [2.45, 2.75) is 32.6 Å². The van der Waals surface area contributed by atoms with Gasteiger partial charge in [0.15, 0.2) is 0 Å². The van der Waals surface area contributed by atoms with Crippen LogP contribution in [0, 0.1) is 17.3 Å². The normalized spacial score (nSPS) is 30.0. The molecule has 22 heavy (non-hydrogen) atoms. The second kappa shape index (κ2) is 6.03. The quantitative estimate of drug-likeness (QED) is 0.653. The Labute approximate surface area is 139 Å². The van der Waals surface area contributed by atoms with Crippen LogP contribution in [0.3, 0.4) is 0 Å². The van der Waals surface area contributed by atoms with Gasteiger partial charge in [-0.2, -0.15) is 5.10 Å². The fourth-order valence-corrected chi connectivity index (χ4v) is 4.41. The molecule has 0 spiro atoms. The molecule has 0 aliphatic heterocycles. The molecule has 2 saturated carbocycles. The van der Waals surface area contributed by atoms with Crippen LogP contribution in [0.15, 0.2) is 27.8 Å². The molecular formula is C17H21BrN2O2. The molecule has 2 aliphatic rings. The molecule has 2 fully saturated rings. The van der Waals surface area contributed by atoms with Crippen molar-refractivity contribution < 1.29 is 9.53 Å². The molecule has 0 bridgehead atoms. The number of amides is 1. The zero-order chi connectivity index (χ0) is 15.7. The van der Waals surface area contributed by atoms with Crippen LogP contribution in [-0.2, 0) is 4.79 Å². The molecule has 1 aromatic carbocycles. The fraction of sp³-hybridized carbons (Fsp3) is 0.529. The zero-order valence-corrected chi connectivity index (χ0v) is 14.5. The van der Waals surface area contributed by atoms with Crippen molar-refractivity contribution in [3.8, 4) is 5.75 Å². The van der Waals surface area contributed by atoms with Gasteiger partial charge in [-0.1, -0.05) is 19.8 Å². The van der Waals surface area contributed by atoms with Crippen LogP contribution >= 0.6 is 15.9 Å². The number of hydrazone groups is 1. The molecule has 118 valence electrons. The van der Waals surface area contributed by atoms with Gasteiger partial charge in [-0.3, -0.25) is 4.79 Å². The largest absolute Gasteiger partial charge is 0.496 e. The lowest BCUT2D eigenvalue weighted by Crippen LogP contribution is -2.22. The molecule has 4 nitrogen and oxygen atoms in total. The molecule has 1 N–H and O–H groups in total. The lowest BCUT2D eigenvalue weighted by atomic mass is 9.90. The summed E-state index contributed by atoms with van der Waals surface area (Å²) in [4.78, 5) is 12.3. The van der Waals surface area contributed by atoms with Crippen molar-refractivity contribution in [2.24, 2.45) is 22.4 Å². The topological polar surface area (TPSA) is 50.7 Å². The van der Waals surface area contributed by atoms with Crippen LogP contribution in [0.1, 0.15) is 38.2 Å². The second-order valence-electron chi connectivity index (χ2n) is 6.46. The van der Waals surface area contributed by atoms with E-state index in [1.165, 1.54) is 25.7 Å². The van der Waals surface area contributed by atoms with E-state index in [1.807, 2.05) is 18.2 Å². The summed E-state index contributed by atoms with van der Waals surface area (Å²) in [5, 5.41) is 4.10. The summed E-state index contributed by atoms with van der Waals surface area (Å²) in [6.45, 7) is 2.24. The minimum absolute atomic E-state index is 0.0678. The van der Waals surface area contributed by atoms with Crippen LogP contribution in [0.2, 0.25) is 0 Å². The number of hydrogen-bond acceptors (Lipinski definition) is 3. The summed E-state index contributed by atoms with van der Waals surface area (Å²) >= 11 is 3.44. The van der Waals surface area contributed by atoms with Gasteiger partial charge >= 0.3 is 0 Å². The average molecular weight is 365 g/mol.